The Labute approximate surface area is 166 Å². The van der Waals surface area contributed by atoms with Crippen LogP contribution in [-0.2, 0) is 6.54 Å². The van der Waals surface area contributed by atoms with E-state index < -0.39 is 23.0 Å². The molecule has 3 aromatic rings. The summed E-state index contributed by atoms with van der Waals surface area (Å²) in [5, 5.41) is 3.62. The largest absolute Gasteiger partial charge is 0.325 e. The summed E-state index contributed by atoms with van der Waals surface area (Å²) in [7, 11) is 2.10. The SMILES string of the molecule is Cc1cc(Nc2nc(=O)c(F)cn2Cc2cc(F)c(F)c(P)c2)c(C)cc1Cl. The molecule has 0 aliphatic rings. The summed E-state index contributed by atoms with van der Waals surface area (Å²) in [6, 6.07) is 5.96. The number of hydrogen-bond donors (Lipinski definition) is 1. The number of aromatic nitrogens is 2. The second-order valence-electron chi connectivity index (χ2n) is 6.37. The van der Waals surface area contributed by atoms with Gasteiger partial charge in [0.25, 0.3) is 0 Å². The van der Waals surface area contributed by atoms with Gasteiger partial charge in [0.15, 0.2) is 11.6 Å². The van der Waals surface area contributed by atoms with Crippen LogP contribution in [0.25, 0.3) is 0 Å². The zero-order valence-corrected chi connectivity index (χ0v) is 16.9. The van der Waals surface area contributed by atoms with Gasteiger partial charge in [0.1, 0.15) is 0 Å². The average molecular weight is 426 g/mol. The molecule has 0 radical (unpaired) electrons. The molecule has 0 aliphatic heterocycles. The van der Waals surface area contributed by atoms with Crippen molar-refractivity contribution in [1.29, 1.82) is 0 Å². The predicted octanol–water partition coefficient (Wildman–Crippen LogP) is 4.22. The van der Waals surface area contributed by atoms with Crippen LogP contribution in [0, 0.1) is 31.3 Å². The van der Waals surface area contributed by atoms with Crippen LogP contribution >= 0.6 is 20.8 Å². The molecule has 9 heteroatoms. The van der Waals surface area contributed by atoms with Crippen molar-refractivity contribution in [1.82, 2.24) is 9.55 Å². The lowest BCUT2D eigenvalue weighted by atomic mass is 10.1. The Kier molecular flexibility index (Phi) is 5.77. The summed E-state index contributed by atoms with van der Waals surface area (Å²) in [5.74, 6) is -2.98. The van der Waals surface area contributed by atoms with E-state index in [1.807, 2.05) is 13.8 Å². The minimum absolute atomic E-state index is 0.0310. The van der Waals surface area contributed by atoms with Crippen LogP contribution in [0.15, 0.2) is 35.3 Å². The van der Waals surface area contributed by atoms with Gasteiger partial charge < -0.3 is 9.88 Å². The van der Waals surface area contributed by atoms with E-state index in [2.05, 4.69) is 19.5 Å². The monoisotopic (exact) mass is 425 g/mol. The third kappa shape index (κ3) is 4.21. The quantitative estimate of drug-likeness (QED) is 0.637. The lowest BCUT2D eigenvalue weighted by molar-refractivity contribution is 0.512. The molecule has 1 unspecified atom stereocenters. The van der Waals surface area contributed by atoms with Crippen LogP contribution in [0.1, 0.15) is 16.7 Å². The van der Waals surface area contributed by atoms with Gasteiger partial charge >= 0.3 is 5.56 Å². The van der Waals surface area contributed by atoms with Gasteiger partial charge in [-0.3, -0.25) is 4.79 Å². The summed E-state index contributed by atoms with van der Waals surface area (Å²) in [4.78, 5) is 15.5. The van der Waals surface area contributed by atoms with E-state index in [4.69, 9.17) is 11.6 Å². The Balaban J connectivity index is 2.04. The number of rotatable bonds is 4. The molecule has 0 bridgehead atoms. The second kappa shape index (κ2) is 7.94. The normalized spacial score (nSPS) is 11.0. The highest BCUT2D eigenvalue weighted by atomic mass is 35.5. The van der Waals surface area contributed by atoms with Crippen molar-refractivity contribution in [2.75, 3.05) is 5.32 Å². The van der Waals surface area contributed by atoms with E-state index in [0.717, 1.165) is 23.4 Å². The minimum atomic E-state index is -1.05. The first-order valence-corrected chi connectivity index (χ1v) is 9.15. The van der Waals surface area contributed by atoms with Crippen LogP contribution in [0.3, 0.4) is 0 Å². The van der Waals surface area contributed by atoms with Crippen molar-refractivity contribution in [3.8, 4) is 0 Å². The Morgan fingerprint density at radius 3 is 2.50 bits per heavy atom. The summed E-state index contributed by atoms with van der Waals surface area (Å²) in [6.45, 7) is 3.60. The van der Waals surface area contributed by atoms with Gasteiger partial charge in [-0.1, -0.05) is 11.6 Å². The van der Waals surface area contributed by atoms with Crippen molar-refractivity contribution in [2.24, 2.45) is 0 Å². The molecular formula is C19H16ClF3N3OP. The van der Waals surface area contributed by atoms with Gasteiger partial charge in [-0.25, -0.2) is 8.78 Å². The maximum atomic E-state index is 13.8. The first kappa shape index (κ1) is 20.4. The third-order valence-corrected chi connectivity index (χ3v) is 5.00. The Morgan fingerprint density at radius 2 is 1.82 bits per heavy atom. The fourth-order valence-electron chi connectivity index (χ4n) is 2.68. The van der Waals surface area contributed by atoms with Gasteiger partial charge in [0.05, 0.1) is 6.54 Å². The summed E-state index contributed by atoms with van der Waals surface area (Å²) in [6.07, 6.45) is 0.972. The van der Waals surface area contributed by atoms with E-state index in [1.54, 1.807) is 12.1 Å². The van der Waals surface area contributed by atoms with Crippen LogP contribution in [0.4, 0.5) is 24.8 Å². The van der Waals surface area contributed by atoms with Crippen molar-refractivity contribution in [3.63, 3.8) is 0 Å². The highest BCUT2D eigenvalue weighted by molar-refractivity contribution is 7.27. The fraction of sp³-hybridized carbons (Fsp3) is 0.158. The first-order chi connectivity index (χ1) is 13.2. The number of nitrogens with zero attached hydrogens (tertiary/aromatic N) is 2. The molecule has 1 N–H and O–H groups in total. The molecule has 4 nitrogen and oxygen atoms in total. The molecular weight excluding hydrogens is 410 g/mol. The molecule has 2 aromatic carbocycles. The highest BCUT2D eigenvalue weighted by Crippen LogP contribution is 2.26. The predicted molar refractivity (Wildman–Crippen MR) is 107 cm³/mol. The van der Waals surface area contributed by atoms with Crippen molar-refractivity contribution >= 4 is 37.8 Å². The molecule has 1 atom stereocenters. The van der Waals surface area contributed by atoms with Crippen molar-refractivity contribution in [3.05, 3.63) is 80.0 Å². The molecule has 1 aromatic heterocycles. The number of nitrogens with one attached hydrogen (secondary N) is 1. The van der Waals surface area contributed by atoms with Gasteiger partial charge in [-0.15, -0.1) is 9.24 Å². The van der Waals surface area contributed by atoms with Gasteiger partial charge in [-0.2, -0.15) is 9.37 Å². The first-order valence-electron chi connectivity index (χ1n) is 8.20. The molecule has 0 amide bonds. The second-order valence-corrected chi connectivity index (χ2v) is 7.40. The fourth-order valence-corrected chi connectivity index (χ4v) is 3.25. The molecule has 28 heavy (non-hydrogen) atoms. The molecule has 0 saturated carbocycles. The van der Waals surface area contributed by atoms with Crippen LogP contribution < -0.4 is 16.2 Å². The minimum Gasteiger partial charge on any atom is -0.325 e. The Hall–Kier alpha value is -2.37. The van der Waals surface area contributed by atoms with E-state index in [9.17, 15) is 18.0 Å². The molecule has 0 spiro atoms. The van der Waals surface area contributed by atoms with E-state index >= 15 is 0 Å². The highest BCUT2D eigenvalue weighted by Gasteiger charge is 2.13. The third-order valence-electron chi connectivity index (χ3n) is 4.17. The summed E-state index contributed by atoms with van der Waals surface area (Å²) < 4.78 is 42.4. The molecule has 0 fully saturated rings. The molecule has 1 heterocycles. The van der Waals surface area contributed by atoms with E-state index in [-0.39, 0.29) is 17.8 Å². The maximum Gasteiger partial charge on any atom is 0.310 e. The molecule has 146 valence electrons. The maximum absolute atomic E-state index is 13.8. The summed E-state index contributed by atoms with van der Waals surface area (Å²) >= 11 is 6.10. The van der Waals surface area contributed by atoms with Gasteiger partial charge in [0, 0.05) is 22.2 Å². The van der Waals surface area contributed by atoms with Crippen LogP contribution in [0.2, 0.25) is 5.02 Å². The van der Waals surface area contributed by atoms with E-state index in [1.165, 1.54) is 10.6 Å². The van der Waals surface area contributed by atoms with Crippen LogP contribution in [-0.4, -0.2) is 9.55 Å². The average Bonchev–Trinajstić information content (AvgIpc) is 2.61. The molecule has 0 aliphatic carbocycles. The lowest BCUT2D eigenvalue weighted by Crippen LogP contribution is -2.20. The number of benzene rings is 2. The molecule has 3 rings (SSSR count). The zero-order valence-electron chi connectivity index (χ0n) is 15.0. The van der Waals surface area contributed by atoms with Gasteiger partial charge in [-0.05, 0) is 54.8 Å². The number of halogens is 4. The number of anilines is 2. The lowest BCUT2D eigenvalue weighted by Gasteiger charge is -2.16. The summed E-state index contributed by atoms with van der Waals surface area (Å²) in [5.41, 5.74) is 1.57. The standard InChI is InChI=1S/C19H16ClF3N3OP/c1-9-4-15(10(2)3-12(9)20)24-19-25-18(27)14(22)8-26(19)7-11-5-13(21)17(23)16(28)6-11/h3-6,8H,7,28H2,1-2H3,(H,24,25,27). The van der Waals surface area contributed by atoms with Crippen LogP contribution in [0.5, 0.6) is 0 Å². The number of hydrogen-bond acceptors (Lipinski definition) is 3. The van der Waals surface area contributed by atoms with Gasteiger partial charge in [0.2, 0.25) is 11.8 Å². The smallest absolute Gasteiger partial charge is 0.310 e. The molecule has 0 saturated heterocycles. The van der Waals surface area contributed by atoms with E-state index in [0.29, 0.717) is 16.3 Å². The number of aryl methyl sites for hydroxylation is 2. The Bertz CT molecular complexity index is 1110. The topological polar surface area (TPSA) is 46.9 Å². The zero-order chi connectivity index (χ0) is 20.6. The van der Waals surface area contributed by atoms with Crippen molar-refractivity contribution in [2.45, 2.75) is 20.4 Å². The Morgan fingerprint density at radius 1 is 1.11 bits per heavy atom. The van der Waals surface area contributed by atoms with Crippen molar-refractivity contribution < 1.29 is 13.2 Å².